The number of nitrogens with one attached hydrogen (secondary N) is 1. The maximum Gasteiger partial charge on any atom is 0.275 e. The number of likely N-dealkylation sites (tertiary alicyclic amines) is 1. The molecule has 2 aliphatic rings. The van der Waals surface area contributed by atoms with Gasteiger partial charge in [0.25, 0.3) is 5.91 Å². The van der Waals surface area contributed by atoms with Gasteiger partial charge in [-0.25, -0.2) is 0 Å². The van der Waals surface area contributed by atoms with E-state index in [2.05, 4.69) is 10.2 Å². The molecule has 0 spiro atoms. The van der Waals surface area contributed by atoms with E-state index in [0.29, 0.717) is 45.0 Å². The minimum atomic E-state index is -0.588. The molecule has 3 heterocycles. The number of rotatable bonds is 4. The summed E-state index contributed by atoms with van der Waals surface area (Å²) in [6.45, 7) is 2.43. The first kappa shape index (κ1) is 19.6. The lowest BCUT2D eigenvalue weighted by Crippen LogP contribution is -2.51. The third-order valence-electron chi connectivity index (χ3n) is 5.85. The Bertz CT molecular complexity index is 1080. The highest BCUT2D eigenvalue weighted by Gasteiger charge is 2.43. The smallest absolute Gasteiger partial charge is 0.275 e. The molecule has 2 aliphatic heterocycles. The predicted molar refractivity (Wildman–Crippen MR) is 114 cm³/mol. The average Bonchev–Trinajstić information content (AvgIpc) is 3.44. The van der Waals surface area contributed by atoms with Crippen molar-refractivity contribution in [2.24, 2.45) is 0 Å². The Kier molecular flexibility index (Phi) is 5.30. The third kappa shape index (κ3) is 3.86. The molecule has 5 rings (SSSR count). The van der Waals surface area contributed by atoms with E-state index < -0.39 is 6.04 Å². The predicted octanol–water partition coefficient (Wildman–Crippen LogP) is 2.08. The Morgan fingerprint density at radius 2 is 1.77 bits per heavy atom. The zero-order valence-electron chi connectivity index (χ0n) is 17.1. The molecule has 3 aromatic rings. The SMILES string of the molecule is O=C([C@@H]1C[C@H](Oc2ccccc2)CN1C(=O)c1n[nH]c2ccccc12)N1CCOCC1. The molecular weight excluding hydrogens is 396 g/mol. The maximum absolute atomic E-state index is 13.5. The topological polar surface area (TPSA) is 87.8 Å². The summed E-state index contributed by atoms with van der Waals surface area (Å²) < 4.78 is 11.5. The molecule has 1 N–H and O–H groups in total. The summed E-state index contributed by atoms with van der Waals surface area (Å²) >= 11 is 0. The fourth-order valence-corrected chi connectivity index (χ4v) is 4.29. The van der Waals surface area contributed by atoms with E-state index in [0.717, 1.165) is 16.7 Å². The summed E-state index contributed by atoms with van der Waals surface area (Å²) in [5.74, 6) is 0.406. The molecule has 2 aromatic carbocycles. The van der Waals surface area contributed by atoms with Gasteiger partial charge in [-0.15, -0.1) is 0 Å². The van der Waals surface area contributed by atoms with E-state index in [-0.39, 0.29) is 17.9 Å². The van der Waals surface area contributed by atoms with Crippen LogP contribution in [0.25, 0.3) is 10.9 Å². The van der Waals surface area contributed by atoms with Gasteiger partial charge in [0.15, 0.2) is 5.69 Å². The molecular formula is C23H24N4O4. The minimum Gasteiger partial charge on any atom is -0.488 e. The monoisotopic (exact) mass is 420 g/mol. The largest absolute Gasteiger partial charge is 0.488 e. The van der Waals surface area contributed by atoms with Crippen molar-refractivity contribution in [3.05, 3.63) is 60.3 Å². The summed E-state index contributed by atoms with van der Waals surface area (Å²) in [6, 6.07) is 16.4. The molecule has 2 amide bonds. The van der Waals surface area contributed by atoms with Crippen LogP contribution in [0.15, 0.2) is 54.6 Å². The molecule has 2 saturated heterocycles. The second-order valence-corrected chi connectivity index (χ2v) is 7.82. The molecule has 0 aliphatic carbocycles. The quantitative estimate of drug-likeness (QED) is 0.698. The molecule has 160 valence electrons. The maximum atomic E-state index is 13.5. The van der Waals surface area contributed by atoms with Crippen LogP contribution in [0.1, 0.15) is 16.9 Å². The highest BCUT2D eigenvalue weighted by Crippen LogP contribution is 2.28. The first-order valence-corrected chi connectivity index (χ1v) is 10.5. The number of aromatic amines is 1. The van der Waals surface area contributed by atoms with Crippen LogP contribution in [0.3, 0.4) is 0 Å². The van der Waals surface area contributed by atoms with Gasteiger partial charge in [-0.2, -0.15) is 5.10 Å². The van der Waals surface area contributed by atoms with Crippen LogP contribution in [0.5, 0.6) is 5.75 Å². The van der Waals surface area contributed by atoms with Crippen LogP contribution in [0, 0.1) is 0 Å². The average molecular weight is 420 g/mol. The zero-order chi connectivity index (χ0) is 21.2. The van der Waals surface area contributed by atoms with Crippen LogP contribution < -0.4 is 4.74 Å². The molecule has 1 aromatic heterocycles. The fraction of sp³-hybridized carbons (Fsp3) is 0.348. The molecule has 0 unspecified atom stereocenters. The summed E-state index contributed by atoms with van der Waals surface area (Å²) in [5.41, 5.74) is 1.12. The van der Waals surface area contributed by atoms with Crippen molar-refractivity contribution in [3.8, 4) is 5.75 Å². The summed E-state index contributed by atoms with van der Waals surface area (Å²) in [4.78, 5) is 30.2. The van der Waals surface area contributed by atoms with Gasteiger partial charge in [0.1, 0.15) is 17.9 Å². The lowest BCUT2D eigenvalue weighted by molar-refractivity contribution is -0.139. The lowest BCUT2D eigenvalue weighted by atomic mass is 10.1. The first-order valence-electron chi connectivity index (χ1n) is 10.5. The molecule has 0 bridgehead atoms. The van der Waals surface area contributed by atoms with Crippen molar-refractivity contribution in [1.82, 2.24) is 20.0 Å². The van der Waals surface area contributed by atoms with Gasteiger partial charge in [0.2, 0.25) is 5.91 Å². The van der Waals surface area contributed by atoms with Crippen molar-refractivity contribution in [1.29, 1.82) is 0 Å². The molecule has 8 heteroatoms. The van der Waals surface area contributed by atoms with Crippen molar-refractivity contribution >= 4 is 22.7 Å². The van der Waals surface area contributed by atoms with Crippen molar-refractivity contribution in [2.75, 3.05) is 32.8 Å². The number of amides is 2. The number of fused-ring (bicyclic) bond motifs is 1. The van der Waals surface area contributed by atoms with E-state index in [9.17, 15) is 9.59 Å². The molecule has 2 atom stereocenters. The molecule has 8 nitrogen and oxygen atoms in total. The summed E-state index contributed by atoms with van der Waals surface area (Å²) in [6.07, 6.45) is 0.172. The Labute approximate surface area is 179 Å². The van der Waals surface area contributed by atoms with Crippen LogP contribution in [-0.4, -0.2) is 76.8 Å². The van der Waals surface area contributed by atoms with Crippen molar-refractivity contribution in [2.45, 2.75) is 18.6 Å². The van der Waals surface area contributed by atoms with E-state index >= 15 is 0 Å². The molecule has 0 radical (unpaired) electrons. The second kappa shape index (κ2) is 8.39. The number of carbonyl (C=O) groups is 2. The lowest BCUT2D eigenvalue weighted by Gasteiger charge is -2.32. The van der Waals surface area contributed by atoms with E-state index in [1.54, 1.807) is 9.80 Å². The number of carbonyl (C=O) groups excluding carboxylic acids is 2. The normalized spacial score (nSPS) is 21.4. The first-order chi connectivity index (χ1) is 15.2. The highest BCUT2D eigenvalue weighted by atomic mass is 16.5. The van der Waals surface area contributed by atoms with Crippen molar-refractivity contribution < 1.29 is 19.1 Å². The number of aromatic nitrogens is 2. The van der Waals surface area contributed by atoms with Crippen LogP contribution in [0.4, 0.5) is 0 Å². The number of morpholine rings is 1. The number of para-hydroxylation sites is 2. The number of H-pyrrole nitrogens is 1. The van der Waals surface area contributed by atoms with Gasteiger partial charge >= 0.3 is 0 Å². The van der Waals surface area contributed by atoms with E-state index in [1.807, 2.05) is 54.6 Å². The van der Waals surface area contributed by atoms with Gasteiger partial charge < -0.3 is 19.3 Å². The standard InChI is InChI=1S/C23H24N4O4/c28-22(26-10-12-30-13-11-26)20-14-17(31-16-6-2-1-3-7-16)15-27(20)23(29)21-18-8-4-5-9-19(18)24-25-21/h1-9,17,20H,10-15H2,(H,24,25)/t17-,20-/m0/s1. The number of benzene rings is 2. The molecule has 0 saturated carbocycles. The second-order valence-electron chi connectivity index (χ2n) is 7.82. The van der Waals surface area contributed by atoms with Gasteiger partial charge in [0, 0.05) is 24.9 Å². The van der Waals surface area contributed by atoms with Gasteiger partial charge in [-0.3, -0.25) is 14.7 Å². The van der Waals surface area contributed by atoms with E-state index in [4.69, 9.17) is 9.47 Å². The van der Waals surface area contributed by atoms with Gasteiger partial charge in [-0.05, 0) is 18.2 Å². The Morgan fingerprint density at radius 1 is 1.03 bits per heavy atom. The van der Waals surface area contributed by atoms with Crippen LogP contribution in [-0.2, 0) is 9.53 Å². The highest BCUT2D eigenvalue weighted by molar-refractivity contribution is 6.06. The van der Waals surface area contributed by atoms with Gasteiger partial charge in [0.05, 0.1) is 25.3 Å². The van der Waals surface area contributed by atoms with Crippen LogP contribution in [0.2, 0.25) is 0 Å². The number of hydrogen-bond acceptors (Lipinski definition) is 5. The minimum absolute atomic E-state index is 0.0596. The Morgan fingerprint density at radius 3 is 2.58 bits per heavy atom. The molecule has 2 fully saturated rings. The summed E-state index contributed by atoms with van der Waals surface area (Å²) in [7, 11) is 0. The molecule has 31 heavy (non-hydrogen) atoms. The number of hydrogen-bond donors (Lipinski definition) is 1. The van der Waals surface area contributed by atoms with Crippen molar-refractivity contribution in [3.63, 3.8) is 0 Å². The summed E-state index contributed by atoms with van der Waals surface area (Å²) in [5, 5.41) is 7.91. The van der Waals surface area contributed by atoms with Crippen LogP contribution >= 0.6 is 0 Å². The Balaban J connectivity index is 1.42. The zero-order valence-corrected chi connectivity index (χ0v) is 17.1. The van der Waals surface area contributed by atoms with E-state index in [1.165, 1.54) is 0 Å². The third-order valence-corrected chi connectivity index (χ3v) is 5.85. The number of nitrogens with zero attached hydrogens (tertiary/aromatic N) is 3. The Hall–Kier alpha value is -3.39. The van der Waals surface area contributed by atoms with Gasteiger partial charge in [-0.1, -0.05) is 36.4 Å². The fourth-order valence-electron chi connectivity index (χ4n) is 4.29. The number of ether oxygens (including phenoxy) is 2.